The standard InChI is InChI=1S/C17H25NO2/c1-12-8-9-18(13(2)10-12)11-15-4-6-16(7-5-15)14(3)17(19)20/h4-7,12-14H,8-11H2,1-3H3,(H,19,20). The number of likely N-dealkylation sites (tertiary alicyclic amines) is 1. The summed E-state index contributed by atoms with van der Waals surface area (Å²) >= 11 is 0. The predicted molar refractivity (Wildman–Crippen MR) is 80.8 cm³/mol. The maximum Gasteiger partial charge on any atom is 0.310 e. The van der Waals surface area contributed by atoms with E-state index in [2.05, 4.69) is 30.9 Å². The van der Waals surface area contributed by atoms with Crippen LogP contribution in [-0.4, -0.2) is 28.6 Å². The lowest BCUT2D eigenvalue weighted by atomic mass is 9.93. The molecule has 110 valence electrons. The highest BCUT2D eigenvalue weighted by molar-refractivity contribution is 5.75. The van der Waals surface area contributed by atoms with Gasteiger partial charge in [0.25, 0.3) is 0 Å². The summed E-state index contributed by atoms with van der Waals surface area (Å²) in [7, 11) is 0. The van der Waals surface area contributed by atoms with Gasteiger partial charge in [-0.1, -0.05) is 31.2 Å². The van der Waals surface area contributed by atoms with E-state index in [1.807, 2.05) is 12.1 Å². The summed E-state index contributed by atoms with van der Waals surface area (Å²) in [4.78, 5) is 13.5. The van der Waals surface area contributed by atoms with Gasteiger partial charge in [-0.25, -0.2) is 0 Å². The molecule has 1 aromatic carbocycles. The summed E-state index contributed by atoms with van der Waals surface area (Å²) in [5.74, 6) is -0.366. The first-order valence-electron chi connectivity index (χ1n) is 7.53. The molecule has 3 atom stereocenters. The number of carboxylic acids is 1. The molecule has 1 aliphatic rings. The number of piperidine rings is 1. The van der Waals surface area contributed by atoms with E-state index in [1.54, 1.807) is 6.92 Å². The zero-order valence-electron chi connectivity index (χ0n) is 12.7. The summed E-state index contributed by atoms with van der Waals surface area (Å²) in [5.41, 5.74) is 2.15. The van der Waals surface area contributed by atoms with Gasteiger partial charge in [-0.15, -0.1) is 0 Å². The third-order valence-corrected chi connectivity index (χ3v) is 4.51. The predicted octanol–water partition coefficient (Wildman–Crippen LogP) is 3.50. The lowest BCUT2D eigenvalue weighted by molar-refractivity contribution is -0.138. The van der Waals surface area contributed by atoms with Crippen LogP contribution >= 0.6 is 0 Å². The number of carboxylic acid groups (broad SMARTS) is 1. The van der Waals surface area contributed by atoms with Crippen LogP contribution in [0.2, 0.25) is 0 Å². The molecular formula is C17H25NO2. The molecule has 0 bridgehead atoms. The van der Waals surface area contributed by atoms with Crippen LogP contribution in [0.4, 0.5) is 0 Å². The third kappa shape index (κ3) is 3.60. The van der Waals surface area contributed by atoms with E-state index in [-0.39, 0.29) is 0 Å². The second kappa shape index (κ2) is 6.40. The molecule has 0 radical (unpaired) electrons. The van der Waals surface area contributed by atoms with Gasteiger partial charge in [-0.3, -0.25) is 9.69 Å². The van der Waals surface area contributed by atoms with E-state index in [4.69, 9.17) is 5.11 Å². The molecule has 3 nitrogen and oxygen atoms in total. The Hall–Kier alpha value is -1.35. The fourth-order valence-corrected chi connectivity index (χ4v) is 2.98. The largest absolute Gasteiger partial charge is 0.481 e. The van der Waals surface area contributed by atoms with Crippen molar-refractivity contribution in [1.82, 2.24) is 4.90 Å². The number of nitrogens with zero attached hydrogens (tertiary/aromatic N) is 1. The Morgan fingerprint density at radius 2 is 2.00 bits per heavy atom. The Labute approximate surface area is 121 Å². The summed E-state index contributed by atoms with van der Waals surface area (Å²) in [6.07, 6.45) is 2.55. The Kier molecular flexibility index (Phi) is 4.81. The molecule has 2 rings (SSSR count). The monoisotopic (exact) mass is 275 g/mol. The first-order chi connectivity index (χ1) is 9.47. The van der Waals surface area contributed by atoms with Crippen LogP contribution < -0.4 is 0 Å². The average molecular weight is 275 g/mol. The molecule has 1 saturated heterocycles. The molecule has 0 aromatic heterocycles. The van der Waals surface area contributed by atoms with Gasteiger partial charge in [0.2, 0.25) is 0 Å². The molecule has 20 heavy (non-hydrogen) atoms. The number of aliphatic carboxylic acids is 1. The molecule has 3 heteroatoms. The minimum Gasteiger partial charge on any atom is -0.481 e. The molecule has 1 N–H and O–H groups in total. The smallest absolute Gasteiger partial charge is 0.310 e. The quantitative estimate of drug-likeness (QED) is 0.914. The maximum atomic E-state index is 11.0. The van der Waals surface area contributed by atoms with E-state index < -0.39 is 11.9 Å². The highest BCUT2D eigenvalue weighted by Gasteiger charge is 2.22. The highest BCUT2D eigenvalue weighted by atomic mass is 16.4. The molecule has 1 aromatic rings. The summed E-state index contributed by atoms with van der Waals surface area (Å²) in [5, 5.41) is 9.02. The van der Waals surface area contributed by atoms with Crippen molar-refractivity contribution in [3.63, 3.8) is 0 Å². The number of hydrogen-bond acceptors (Lipinski definition) is 2. The van der Waals surface area contributed by atoms with E-state index in [0.29, 0.717) is 6.04 Å². The first kappa shape index (κ1) is 15.0. The average Bonchev–Trinajstić information content (AvgIpc) is 2.42. The molecule has 0 spiro atoms. The summed E-state index contributed by atoms with van der Waals surface area (Å²) in [6, 6.07) is 8.67. The van der Waals surface area contributed by atoms with Gasteiger partial charge in [-0.05, 0) is 50.3 Å². The minimum atomic E-state index is -0.767. The van der Waals surface area contributed by atoms with Crippen LogP contribution in [0.15, 0.2) is 24.3 Å². The summed E-state index contributed by atoms with van der Waals surface area (Å²) in [6.45, 7) is 8.49. The van der Waals surface area contributed by atoms with Gasteiger partial charge in [-0.2, -0.15) is 0 Å². The zero-order chi connectivity index (χ0) is 14.7. The van der Waals surface area contributed by atoms with Gasteiger partial charge >= 0.3 is 5.97 Å². The number of rotatable bonds is 4. The number of hydrogen-bond donors (Lipinski definition) is 1. The zero-order valence-corrected chi connectivity index (χ0v) is 12.7. The highest BCUT2D eigenvalue weighted by Crippen LogP contribution is 2.24. The molecule has 3 unspecified atom stereocenters. The van der Waals surface area contributed by atoms with Gasteiger partial charge in [0.05, 0.1) is 5.92 Å². The Bertz CT molecular complexity index is 455. The topological polar surface area (TPSA) is 40.5 Å². The van der Waals surface area contributed by atoms with Crippen molar-refractivity contribution in [3.05, 3.63) is 35.4 Å². The normalized spacial score (nSPS) is 25.4. The summed E-state index contributed by atoms with van der Waals surface area (Å²) < 4.78 is 0. The van der Waals surface area contributed by atoms with Gasteiger partial charge in [0.15, 0.2) is 0 Å². The van der Waals surface area contributed by atoms with Crippen LogP contribution in [0, 0.1) is 5.92 Å². The second-order valence-electron chi connectivity index (χ2n) is 6.25. The Morgan fingerprint density at radius 1 is 1.35 bits per heavy atom. The Morgan fingerprint density at radius 3 is 2.55 bits per heavy atom. The molecule has 1 heterocycles. The van der Waals surface area contributed by atoms with Crippen LogP contribution in [-0.2, 0) is 11.3 Å². The molecule has 1 aliphatic heterocycles. The van der Waals surface area contributed by atoms with Crippen LogP contribution in [0.1, 0.15) is 50.7 Å². The van der Waals surface area contributed by atoms with Gasteiger partial charge < -0.3 is 5.11 Å². The fraction of sp³-hybridized carbons (Fsp3) is 0.588. The molecule has 0 aliphatic carbocycles. The van der Waals surface area contributed by atoms with Crippen LogP contribution in [0.25, 0.3) is 0 Å². The van der Waals surface area contributed by atoms with Crippen molar-refractivity contribution in [2.24, 2.45) is 5.92 Å². The van der Waals surface area contributed by atoms with Crippen LogP contribution in [0.3, 0.4) is 0 Å². The van der Waals surface area contributed by atoms with Crippen molar-refractivity contribution >= 4 is 5.97 Å². The molecular weight excluding hydrogens is 250 g/mol. The van der Waals surface area contributed by atoms with Crippen molar-refractivity contribution in [2.75, 3.05) is 6.54 Å². The lowest BCUT2D eigenvalue weighted by Crippen LogP contribution is -2.39. The van der Waals surface area contributed by atoms with Crippen molar-refractivity contribution in [2.45, 2.75) is 52.1 Å². The molecule has 1 fully saturated rings. The number of carbonyl (C=O) groups is 1. The molecule has 0 amide bonds. The first-order valence-corrected chi connectivity index (χ1v) is 7.53. The molecule has 0 saturated carbocycles. The Balaban J connectivity index is 1.99. The number of benzene rings is 1. The SMILES string of the molecule is CC1CCN(Cc2ccc(C(C)C(=O)O)cc2)C(C)C1. The van der Waals surface area contributed by atoms with Crippen molar-refractivity contribution < 1.29 is 9.90 Å². The van der Waals surface area contributed by atoms with E-state index in [0.717, 1.165) is 24.6 Å². The van der Waals surface area contributed by atoms with E-state index in [1.165, 1.54) is 18.4 Å². The fourth-order valence-electron chi connectivity index (χ4n) is 2.98. The third-order valence-electron chi connectivity index (χ3n) is 4.51. The van der Waals surface area contributed by atoms with E-state index >= 15 is 0 Å². The van der Waals surface area contributed by atoms with Gasteiger partial charge in [0.1, 0.15) is 0 Å². The second-order valence-corrected chi connectivity index (χ2v) is 6.25. The van der Waals surface area contributed by atoms with E-state index in [9.17, 15) is 4.79 Å². The lowest BCUT2D eigenvalue weighted by Gasteiger charge is -2.36. The minimum absolute atomic E-state index is 0.432. The van der Waals surface area contributed by atoms with Crippen molar-refractivity contribution in [3.8, 4) is 0 Å². The van der Waals surface area contributed by atoms with Crippen molar-refractivity contribution in [1.29, 1.82) is 0 Å². The van der Waals surface area contributed by atoms with Crippen LogP contribution in [0.5, 0.6) is 0 Å². The van der Waals surface area contributed by atoms with Gasteiger partial charge in [0, 0.05) is 12.6 Å². The maximum absolute atomic E-state index is 11.0.